The lowest BCUT2D eigenvalue weighted by Crippen LogP contribution is -1.79. The molecule has 1 rings (SSSR count). The van der Waals surface area contributed by atoms with E-state index in [0.717, 1.165) is 12.3 Å². The van der Waals surface area contributed by atoms with E-state index < -0.39 is 0 Å². The fourth-order valence-electron chi connectivity index (χ4n) is 0.853. The molecular formula is C12H15NS. The summed E-state index contributed by atoms with van der Waals surface area (Å²) in [6, 6.07) is 10.3. The standard InChI is InChI=1S/C10H13NS.C2H2/c1-2-12-9-11-8-10-6-4-3-5-7-10;1-2/h3-7,9H,2,8H2,1H3;1-2H. The van der Waals surface area contributed by atoms with Crippen molar-refractivity contribution in [3.8, 4) is 12.8 Å². The van der Waals surface area contributed by atoms with E-state index in [4.69, 9.17) is 0 Å². The van der Waals surface area contributed by atoms with Crippen molar-refractivity contribution in [2.24, 2.45) is 4.99 Å². The van der Waals surface area contributed by atoms with Crippen molar-refractivity contribution < 1.29 is 0 Å². The Hall–Kier alpha value is -1.20. The Kier molecular flexibility index (Phi) is 9.04. The lowest BCUT2D eigenvalue weighted by Gasteiger charge is -1.93. The number of nitrogens with zero attached hydrogens (tertiary/aromatic N) is 1. The van der Waals surface area contributed by atoms with Gasteiger partial charge in [0.25, 0.3) is 0 Å². The van der Waals surface area contributed by atoms with E-state index >= 15 is 0 Å². The van der Waals surface area contributed by atoms with E-state index in [0.29, 0.717) is 0 Å². The fourth-order valence-corrected chi connectivity index (χ4v) is 1.18. The molecule has 0 aliphatic rings. The highest BCUT2D eigenvalue weighted by molar-refractivity contribution is 8.12. The van der Waals surface area contributed by atoms with Gasteiger partial charge < -0.3 is 0 Å². The second-order valence-corrected chi connectivity index (χ2v) is 3.51. The zero-order valence-electron chi connectivity index (χ0n) is 8.39. The van der Waals surface area contributed by atoms with Crippen LogP contribution in [-0.4, -0.2) is 11.3 Å². The van der Waals surface area contributed by atoms with Crippen LogP contribution in [0.15, 0.2) is 35.3 Å². The first kappa shape index (κ1) is 12.8. The van der Waals surface area contributed by atoms with Gasteiger partial charge in [-0.25, -0.2) is 0 Å². The third-order valence-electron chi connectivity index (χ3n) is 1.43. The number of hydrogen-bond donors (Lipinski definition) is 0. The van der Waals surface area contributed by atoms with Crippen LogP contribution in [0.2, 0.25) is 0 Å². The van der Waals surface area contributed by atoms with Gasteiger partial charge >= 0.3 is 0 Å². The van der Waals surface area contributed by atoms with Crippen molar-refractivity contribution in [1.82, 2.24) is 0 Å². The summed E-state index contributed by atoms with van der Waals surface area (Å²) in [4.78, 5) is 4.27. The molecule has 1 aromatic carbocycles. The van der Waals surface area contributed by atoms with Crippen LogP contribution in [0.5, 0.6) is 0 Å². The van der Waals surface area contributed by atoms with Crippen molar-refractivity contribution in [1.29, 1.82) is 0 Å². The molecule has 14 heavy (non-hydrogen) atoms. The molecule has 0 unspecified atom stereocenters. The summed E-state index contributed by atoms with van der Waals surface area (Å²) in [7, 11) is 0. The second kappa shape index (κ2) is 9.88. The van der Waals surface area contributed by atoms with Gasteiger partial charge in [-0.15, -0.1) is 24.6 Å². The number of thioether (sulfide) groups is 1. The Morgan fingerprint density at radius 2 is 1.93 bits per heavy atom. The maximum Gasteiger partial charge on any atom is 0.0645 e. The quantitative estimate of drug-likeness (QED) is 0.417. The number of hydrogen-bond acceptors (Lipinski definition) is 2. The molecule has 0 saturated heterocycles. The first-order chi connectivity index (χ1) is 6.93. The van der Waals surface area contributed by atoms with Crippen LogP contribution in [0.4, 0.5) is 0 Å². The molecule has 0 aliphatic carbocycles. The maximum absolute atomic E-state index is 4.27. The second-order valence-electron chi connectivity index (χ2n) is 2.39. The van der Waals surface area contributed by atoms with E-state index in [1.165, 1.54) is 5.56 Å². The molecular weight excluding hydrogens is 190 g/mol. The number of rotatable bonds is 4. The summed E-state index contributed by atoms with van der Waals surface area (Å²) in [6.45, 7) is 2.92. The van der Waals surface area contributed by atoms with Gasteiger partial charge in [-0.05, 0) is 11.3 Å². The molecule has 0 N–H and O–H groups in total. The smallest absolute Gasteiger partial charge is 0.0645 e. The van der Waals surface area contributed by atoms with E-state index in [9.17, 15) is 0 Å². The first-order valence-electron chi connectivity index (χ1n) is 4.40. The van der Waals surface area contributed by atoms with Crippen LogP contribution in [0.3, 0.4) is 0 Å². The first-order valence-corrected chi connectivity index (χ1v) is 5.45. The van der Waals surface area contributed by atoms with Crippen molar-refractivity contribution >= 4 is 17.3 Å². The highest BCUT2D eigenvalue weighted by Gasteiger charge is 1.85. The van der Waals surface area contributed by atoms with Gasteiger partial charge in [0.2, 0.25) is 0 Å². The molecule has 0 aromatic heterocycles. The lowest BCUT2D eigenvalue weighted by molar-refractivity contribution is 1.08. The topological polar surface area (TPSA) is 12.4 Å². The number of aliphatic imine (C=N–C) groups is 1. The normalized spacial score (nSPS) is 9.36. The molecule has 0 fully saturated rings. The van der Waals surface area contributed by atoms with Crippen molar-refractivity contribution in [3.05, 3.63) is 35.9 Å². The molecule has 0 atom stereocenters. The zero-order valence-corrected chi connectivity index (χ0v) is 9.20. The van der Waals surface area contributed by atoms with Crippen LogP contribution in [-0.2, 0) is 6.54 Å². The van der Waals surface area contributed by atoms with Crippen LogP contribution in [0, 0.1) is 12.8 Å². The molecule has 0 spiro atoms. The van der Waals surface area contributed by atoms with Crippen molar-refractivity contribution in [3.63, 3.8) is 0 Å². The summed E-state index contributed by atoms with van der Waals surface area (Å²) < 4.78 is 0. The minimum Gasteiger partial charge on any atom is -0.282 e. The molecule has 1 aromatic rings. The van der Waals surface area contributed by atoms with Gasteiger partial charge in [0.15, 0.2) is 0 Å². The highest BCUT2D eigenvalue weighted by Crippen LogP contribution is 2.01. The van der Waals surface area contributed by atoms with E-state index in [1.807, 2.05) is 23.7 Å². The molecule has 1 nitrogen and oxygen atoms in total. The largest absolute Gasteiger partial charge is 0.282 e. The molecule has 0 heterocycles. The minimum absolute atomic E-state index is 0.799. The van der Waals surface area contributed by atoms with Crippen molar-refractivity contribution in [2.75, 3.05) is 5.75 Å². The third-order valence-corrected chi connectivity index (χ3v) is 2.06. The van der Waals surface area contributed by atoms with Crippen LogP contribution < -0.4 is 0 Å². The molecule has 0 saturated carbocycles. The third kappa shape index (κ3) is 6.33. The molecule has 74 valence electrons. The zero-order chi connectivity index (χ0) is 10.6. The summed E-state index contributed by atoms with van der Waals surface area (Å²) in [5, 5.41) is 0. The average Bonchev–Trinajstić information content (AvgIpc) is 2.29. The molecule has 0 bridgehead atoms. The predicted molar refractivity (Wildman–Crippen MR) is 66.7 cm³/mol. The van der Waals surface area contributed by atoms with Gasteiger partial charge in [0.1, 0.15) is 0 Å². The molecule has 2 heteroatoms. The van der Waals surface area contributed by atoms with Crippen molar-refractivity contribution in [2.45, 2.75) is 13.5 Å². The summed E-state index contributed by atoms with van der Waals surface area (Å²) >= 11 is 1.74. The van der Waals surface area contributed by atoms with E-state index in [2.05, 4.69) is 36.9 Å². The molecule has 0 aliphatic heterocycles. The van der Waals surface area contributed by atoms with Gasteiger partial charge in [-0.2, -0.15) is 0 Å². The molecule has 0 amide bonds. The van der Waals surface area contributed by atoms with Crippen LogP contribution in [0.1, 0.15) is 12.5 Å². The van der Waals surface area contributed by atoms with Gasteiger partial charge in [-0.1, -0.05) is 37.3 Å². The lowest BCUT2D eigenvalue weighted by atomic mass is 10.2. The van der Waals surface area contributed by atoms with Gasteiger partial charge in [0, 0.05) is 0 Å². The number of terminal acetylenes is 1. The van der Waals surface area contributed by atoms with E-state index in [1.54, 1.807) is 11.8 Å². The van der Waals surface area contributed by atoms with Gasteiger partial charge in [-0.3, -0.25) is 4.99 Å². The Morgan fingerprint density at radius 1 is 1.29 bits per heavy atom. The van der Waals surface area contributed by atoms with E-state index in [-0.39, 0.29) is 0 Å². The minimum atomic E-state index is 0.799. The highest BCUT2D eigenvalue weighted by atomic mass is 32.2. The fraction of sp³-hybridized carbons (Fsp3) is 0.250. The Morgan fingerprint density at radius 3 is 2.50 bits per heavy atom. The van der Waals surface area contributed by atoms with Crippen LogP contribution >= 0.6 is 11.8 Å². The average molecular weight is 205 g/mol. The SMILES string of the molecule is C#C.CCSC=NCc1ccccc1. The Bertz CT molecular complexity index is 264. The van der Waals surface area contributed by atoms with Crippen LogP contribution in [0.25, 0.3) is 0 Å². The predicted octanol–water partition coefficient (Wildman–Crippen LogP) is 3.22. The summed E-state index contributed by atoms with van der Waals surface area (Å²) in [6.07, 6.45) is 8.00. The molecule has 0 radical (unpaired) electrons. The summed E-state index contributed by atoms with van der Waals surface area (Å²) in [5.74, 6) is 1.10. The number of benzene rings is 1. The summed E-state index contributed by atoms with van der Waals surface area (Å²) in [5.41, 5.74) is 3.19. The Balaban J connectivity index is 0.000000791. The maximum atomic E-state index is 4.27. The van der Waals surface area contributed by atoms with Gasteiger partial charge in [0.05, 0.1) is 12.1 Å². The Labute approximate surface area is 90.6 Å². The monoisotopic (exact) mass is 205 g/mol.